The van der Waals surface area contributed by atoms with Crippen LogP contribution in [0.1, 0.15) is 11.1 Å². The molecular weight excluding hydrogens is 279 g/mol. The molecule has 88 valence electrons. The van der Waals surface area contributed by atoms with Crippen LogP contribution in [-0.2, 0) is 21.3 Å². The van der Waals surface area contributed by atoms with Crippen LogP contribution in [-0.4, -0.2) is 20.2 Å². The van der Waals surface area contributed by atoms with Crippen molar-refractivity contribution in [1.82, 2.24) is 0 Å². The van der Waals surface area contributed by atoms with Gasteiger partial charge in [-0.3, -0.25) is 4.79 Å². The van der Waals surface area contributed by atoms with Gasteiger partial charge < -0.3 is 9.47 Å². The van der Waals surface area contributed by atoms with Crippen LogP contribution in [0.5, 0.6) is 5.75 Å². The zero-order chi connectivity index (χ0) is 12.1. The van der Waals surface area contributed by atoms with Gasteiger partial charge in [-0.1, -0.05) is 15.9 Å². The van der Waals surface area contributed by atoms with E-state index in [9.17, 15) is 9.18 Å². The van der Waals surface area contributed by atoms with E-state index in [1.165, 1.54) is 26.4 Å². The summed E-state index contributed by atoms with van der Waals surface area (Å²) < 4.78 is 22.8. The number of hydrogen-bond acceptors (Lipinski definition) is 3. The fraction of sp³-hybridized carbons (Fsp3) is 0.364. The molecule has 0 atom stereocenters. The zero-order valence-electron chi connectivity index (χ0n) is 9.05. The number of carbonyl (C=O) groups is 1. The monoisotopic (exact) mass is 290 g/mol. The van der Waals surface area contributed by atoms with E-state index < -0.39 is 5.82 Å². The largest absolute Gasteiger partial charge is 0.494 e. The molecule has 0 aliphatic rings. The SMILES string of the molecule is COC(=O)Cc1cc(OC)c(F)cc1CBr. The van der Waals surface area contributed by atoms with Crippen molar-refractivity contribution in [2.24, 2.45) is 0 Å². The molecule has 0 aromatic heterocycles. The Kier molecular flexibility index (Phi) is 4.73. The van der Waals surface area contributed by atoms with E-state index >= 15 is 0 Å². The van der Waals surface area contributed by atoms with Crippen molar-refractivity contribution >= 4 is 21.9 Å². The van der Waals surface area contributed by atoms with Crippen LogP contribution in [0.4, 0.5) is 4.39 Å². The number of rotatable bonds is 4. The summed E-state index contributed by atoms with van der Waals surface area (Å²) in [6, 6.07) is 2.87. The summed E-state index contributed by atoms with van der Waals surface area (Å²) in [5.74, 6) is -0.676. The van der Waals surface area contributed by atoms with Gasteiger partial charge in [-0.2, -0.15) is 0 Å². The van der Waals surface area contributed by atoms with Gasteiger partial charge in [-0.05, 0) is 23.3 Å². The van der Waals surface area contributed by atoms with Crippen molar-refractivity contribution in [1.29, 1.82) is 0 Å². The molecule has 1 aromatic rings. The van der Waals surface area contributed by atoms with Gasteiger partial charge >= 0.3 is 5.97 Å². The quantitative estimate of drug-likeness (QED) is 0.631. The van der Waals surface area contributed by atoms with Crippen molar-refractivity contribution in [2.75, 3.05) is 14.2 Å². The third-order valence-corrected chi connectivity index (χ3v) is 2.78. The number of ether oxygens (including phenoxy) is 2. The zero-order valence-corrected chi connectivity index (χ0v) is 10.6. The topological polar surface area (TPSA) is 35.5 Å². The van der Waals surface area contributed by atoms with E-state index in [-0.39, 0.29) is 18.1 Å². The third-order valence-electron chi connectivity index (χ3n) is 2.18. The summed E-state index contributed by atoms with van der Waals surface area (Å²) in [5, 5.41) is 0.472. The first-order valence-electron chi connectivity index (χ1n) is 4.60. The molecule has 0 amide bonds. The van der Waals surface area contributed by atoms with Crippen molar-refractivity contribution in [3.8, 4) is 5.75 Å². The van der Waals surface area contributed by atoms with Crippen LogP contribution in [0, 0.1) is 5.82 Å². The van der Waals surface area contributed by atoms with Crippen LogP contribution >= 0.6 is 15.9 Å². The van der Waals surface area contributed by atoms with E-state index in [2.05, 4.69) is 20.7 Å². The minimum atomic E-state index is -0.439. The maximum Gasteiger partial charge on any atom is 0.309 e. The highest BCUT2D eigenvalue weighted by Crippen LogP contribution is 2.24. The second-order valence-electron chi connectivity index (χ2n) is 3.14. The molecule has 0 heterocycles. The Morgan fingerprint density at radius 2 is 2.06 bits per heavy atom. The number of halogens is 2. The highest BCUT2D eigenvalue weighted by atomic mass is 79.9. The summed E-state index contributed by atoms with van der Waals surface area (Å²) in [7, 11) is 2.70. The van der Waals surface area contributed by atoms with E-state index in [1.807, 2.05) is 0 Å². The van der Waals surface area contributed by atoms with Crippen molar-refractivity contribution in [3.63, 3.8) is 0 Å². The Balaban J connectivity index is 3.09. The summed E-state index contributed by atoms with van der Waals surface area (Å²) in [6.45, 7) is 0. The molecule has 0 N–H and O–H groups in total. The van der Waals surface area contributed by atoms with Crippen molar-refractivity contribution < 1.29 is 18.7 Å². The molecule has 0 saturated heterocycles. The van der Waals surface area contributed by atoms with Crippen LogP contribution < -0.4 is 4.74 Å². The van der Waals surface area contributed by atoms with E-state index in [0.717, 1.165) is 0 Å². The molecule has 16 heavy (non-hydrogen) atoms. The molecule has 1 aromatic carbocycles. The number of benzene rings is 1. The standard InChI is InChI=1S/C11H12BrFO3/c1-15-10-4-7(5-11(14)16-2)8(6-12)3-9(10)13/h3-4H,5-6H2,1-2H3. The maximum absolute atomic E-state index is 13.4. The van der Waals surface area contributed by atoms with E-state index in [1.54, 1.807) is 0 Å². The first-order valence-corrected chi connectivity index (χ1v) is 5.72. The number of alkyl halides is 1. The lowest BCUT2D eigenvalue weighted by atomic mass is 10.1. The molecule has 0 radical (unpaired) electrons. The predicted octanol–water partition coefficient (Wildman–Crippen LogP) is 2.44. The van der Waals surface area contributed by atoms with Gasteiger partial charge in [0.25, 0.3) is 0 Å². The minimum absolute atomic E-state index is 0.105. The number of methoxy groups -OCH3 is 2. The minimum Gasteiger partial charge on any atom is -0.494 e. The van der Waals surface area contributed by atoms with Gasteiger partial charge in [0.1, 0.15) is 0 Å². The first-order chi connectivity index (χ1) is 7.62. The molecule has 0 aliphatic heterocycles. The highest BCUT2D eigenvalue weighted by Gasteiger charge is 2.12. The average Bonchev–Trinajstić information content (AvgIpc) is 2.30. The van der Waals surface area contributed by atoms with Crippen molar-refractivity contribution in [3.05, 3.63) is 29.1 Å². The lowest BCUT2D eigenvalue weighted by molar-refractivity contribution is -0.139. The Bertz CT molecular complexity index is 393. The molecule has 0 unspecified atom stereocenters. The predicted molar refractivity (Wildman–Crippen MR) is 61.3 cm³/mol. The van der Waals surface area contributed by atoms with Crippen LogP contribution in [0.2, 0.25) is 0 Å². The fourth-order valence-corrected chi connectivity index (χ4v) is 1.83. The number of esters is 1. The Labute approximate surface area is 102 Å². The number of carbonyl (C=O) groups excluding carboxylic acids is 1. The molecule has 0 saturated carbocycles. The van der Waals surface area contributed by atoms with Crippen LogP contribution in [0.3, 0.4) is 0 Å². The third kappa shape index (κ3) is 2.95. The molecule has 0 fully saturated rings. The summed E-state index contributed by atoms with van der Waals surface area (Å²) >= 11 is 3.24. The van der Waals surface area contributed by atoms with Gasteiger partial charge in [-0.15, -0.1) is 0 Å². The molecular formula is C11H12BrFO3. The second kappa shape index (κ2) is 5.84. The maximum atomic E-state index is 13.4. The van der Waals surface area contributed by atoms with Crippen LogP contribution in [0.25, 0.3) is 0 Å². The molecule has 5 heteroatoms. The highest BCUT2D eigenvalue weighted by molar-refractivity contribution is 9.08. The number of hydrogen-bond donors (Lipinski definition) is 0. The van der Waals surface area contributed by atoms with Gasteiger partial charge in [0, 0.05) is 5.33 Å². The molecule has 0 aliphatic carbocycles. The molecule has 1 rings (SSSR count). The van der Waals surface area contributed by atoms with Gasteiger partial charge in [-0.25, -0.2) is 4.39 Å². The van der Waals surface area contributed by atoms with Crippen LogP contribution in [0.15, 0.2) is 12.1 Å². The van der Waals surface area contributed by atoms with Crippen molar-refractivity contribution in [2.45, 2.75) is 11.8 Å². The lowest BCUT2D eigenvalue weighted by Crippen LogP contribution is -2.07. The smallest absolute Gasteiger partial charge is 0.309 e. The first kappa shape index (κ1) is 13.0. The Morgan fingerprint density at radius 3 is 2.56 bits per heavy atom. The average molecular weight is 291 g/mol. The molecule has 0 spiro atoms. The summed E-state index contributed by atoms with van der Waals surface area (Å²) in [5.41, 5.74) is 1.41. The summed E-state index contributed by atoms with van der Waals surface area (Å²) in [6.07, 6.45) is 0.105. The normalized spacial score (nSPS) is 10.0. The van der Waals surface area contributed by atoms with Gasteiger partial charge in [0.2, 0.25) is 0 Å². The summed E-state index contributed by atoms with van der Waals surface area (Å²) in [4.78, 5) is 11.2. The fourth-order valence-electron chi connectivity index (χ4n) is 1.31. The van der Waals surface area contributed by atoms with E-state index in [4.69, 9.17) is 4.74 Å². The molecule has 3 nitrogen and oxygen atoms in total. The Morgan fingerprint density at radius 1 is 1.38 bits per heavy atom. The lowest BCUT2D eigenvalue weighted by Gasteiger charge is -2.09. The molecule has 0 bridgehead atoms. The second-order valence-corrected chi connectivity index (χ2v) is 3.70. The van der Waals surface area contributed by atoms with E-state index in [0.29, 0.717) is 16.5 Å². The Hall–Kier alpha value is -1.10. The van der Waals surface area contributed by atoms with Gasteiger partial charge in [0.05, 0.1) is 20.6 Å². The van der Waals surface area contributed by atoms with Gasteiger partial charge in [0.15, 0.2) is 11.6 Å².